The van der Waals surface area contributed by atoms with Crippen LogP contribution in [0.25, 0.3) is 0 Å². The Kier molecular flexibility index (Phi) is 6.24. The van der Waals surface area contributed by atoms with E-state index in [0.717, 1.165) is 44.8 Å². The van der Waals surface area contributed by atoms with Crippen LogP contribution in [0, 0.1) is 5.92 Å². The first-order chi connectivity index (χ1) is 10.6. The minimum absolute atomic E-state index is 0.432. The van der Waals surface area contributed by atoms with E-state index in [-0.39, 0.29) is 0 Å². The topological polar surface area (TPSA) is 82.3 Å². The minimum atomic E-state index is 0.432. The van der Waals surface area contributed by atoms with Crippen LogP contribution in [-0.4, -0.2) is 36.3 Å². The maximum Gasteiger partial charge on any atom is 0.242 e. The zero-order valence-electron chi connectivity index (χ0n) is 13.9. The Balaban J connectivity index is 2.02. The molecule has 3 N–H and O–H groups in total. The highest BCUT2D eigenvalue weighted by molar-refractivity contribution is 5.67. The molecule has 22 heavy (non-hydrogen) atoms. The van der Waals surface area contributed by atoms with Crippen LogP contribution in [0.4, 0.5) is 11.5 Å². The summed E-state index contributed by atoms with van der Waals surface area (Å²) in [6.45, 7) is 9.06. The molecule has 1 aromatic rings. The third-order valence-corrected chi connectivity index (χ3v) is 3.39. The lowest BCUT2D eigenvalue weighted by Gasteiger charge is -2.15. The van der Waals surface area contributed by atoms with Crippen molar-refractivity contribution in [3.05, 3.63) is 5.82 Å². The van der Waals surface area contributed by atoms with Gasteiger partial charge in [-0.1, -0.05) is 13.8 Å². The number of hydrogen-bond donors (Lipinski definition) is 2. The van der Waals surface area contributed by atoms with Crippen molar-refractivity contribution in [3.8, 4) is 5.88 Å². The van der Waals surface area contributed by atoms with E-state index < -0.39 is 0 Å². The van der Waals surface area contributed by atoms with Crippen LogP contribution in [0.5, 0.6) is 5.88 Å². The van der Waals surface area contributed by atoms with Gasteiger partial charge >= 0.3 is 0 Å². The molecule has 0 spiro atoms. The Hall–Kier alpha value is -1.56. The summed E-state index contributed by atoms with van der Waals surface area (Å²) in [6.07, 6.45) is 3.22. The lowest BCUT2D eigenvalue weighted by atomic mass is 10.2. The summed E-state index contributed by atoms with van der Waals surface area (Å²) in [6, 6.07) is 0. The number of hydrogen-bond acceptors (Lipinski definition) is 6. The van der Waals surface area contributed by atoms with Crippen LogP contribution < -0.4 is 15.8 Å². The molecule has 0 amide bonds. The van der Waals surface area contributed by atoms with E-state index in [1.165, 1.54) is 0 Å². The average molecular weight is 308 g/mol. The van der Waals surface area contributed by atoms with E-state index in [1.807, 2.05) is 6.92 Å². The summed E-state index contributed by atoms with van der Waals surface area (Å²) in [5.74, 6) is 2.94. The van der Waals surface area contributed by atoms with Gasteiger partial charge < -0.3 is 20.5 Å². The second kappa shape index (κ2) is 8.17. The lowest BCUT2D eigenvalue weighted by molar-refractivity contribution is 0.147. The van der Waals surface area contributed by atoms with Crippen molar-refractivity contribution in [3.63, 3.8) is 0 Å². The largest absolute Gasteiger partial charge is 0.476 e. The molecule has 6 nitrogen and oxygen atoms in total. The van der Waals surface area contributed by atoms with Crippen LogP contribution >= 0.6 is 0 Å². The van der Waals surface area contributed by atoms with Crippen molar-refractivity contribution in [2.45, 2.75) is 46.0 Å². The molecule has 0 radical (unpaired) electrons. The first-order valence-electron chi connectivity index (χ1n) is 8.23. The van der Waals surface area contributed by atoms with Gasteiger partial charge in [0.15, 0.2) is 5.82 Å². The van der Waals surface area contributed by atoms with Gasteiger partial charge in [-0.15, -0.1) is 0 Å². The summed E-state index contributed by atoms with van der Waals surface area (Å²) in [7, 11) is 0. The Bertz CT molecular complexity index is 475. The van der Waals surface area contributed by atoms with Gasteiger partial charge in [0, 0.05) is 25.7 Å². The summed E-state index contributed by atoms with van der Waals surface area (Å²) in [4.78, 5) is 9.07. The van der Waals surface area contributed by atoms with E-state index in [2.05, 4.69) is 29.1 Å². The predicted molar refractivity (Wildman–Crippen MR) is 88.4 cm³/mol. The second-order valence-corrected chi connectivity index (χ2v) is 6.11. The molecule has 1 saturated carbocycles. The fourth-order valence-corrected chi connectivity index (χ4v) is 2.01. The number of rotatable bonds is 10. The average Bonchev–Trinajstić information content (AvgIpc) is 3.32. The summed E-state index contributed by atoms with van der Waals surface area (Å²) in [5.41, 5.74) is 6.66. The quantitative estimate of drug-likeness (QED) is 0.647. The highest BCUT2D eigenvalue weighted by Gasteiger charge is 2.28. The zero-order chi connectivity index (χ0) is 15.9. The number of nitrogens with one attached hydrogen (secondary N) is 1. The zero-order valence-corrected chi connectivity index (χ0v) is 13.9. The van der Waals surface area contributed by atoms with Crippen molar-refractivity contribution in [2.75, 3.05) is 37.4 Å². The van der Waals surface area contributed by atoms with Gasteiger partial charge in [0.05, 0.1) is 6.61 Å². The molecule has 6 heteroatoms. The molecule has 1 aromatic heterocycles. The number of nitrogens with zero attached hydrogens (tertiary/aromatic N) is 2. The third-order valence-electron chi connectivity index (χ3n) is 3.39. The molecule has 1 fully saturated rings. The van der Waals surface area contributed by atoms with Gasteiger partial charge in [-0.05, 0) is 32.1 Å². The summed E-state index contributed by atoms with van der Waals surface area (Å²) >= 11 is 0. The molecule has 0 aliphatic heterocycles. The summed E-state index contributed by atoms with van der Waals surface area (Å²) in [5, 5.41) is 3.29. The molecule has 0 aromatic carbocycles. The molecular formula is C16H28N4O2. The standard InChI is InChI=1S/C16H28N4O2/c1-4-21-9-5-8-18-15-13(17)16(22-10-11(2)3)20-14(19-15)12-6-7-12/h11-12H,4-10,17H2,1-3H3,(H,18,19,20). The molecule has 0 bridgehead atoms. The molecule has 0 saturated heterocycles. The van der Waals surface area contributed by atoms with Crippen LogP contribution in [-0.2, 0) is 4.74 Å². The van der Waals surface area contributed by atoms with E-state index in [4.69, 9.17) is 15.2 Å². The van der Waals surface area contributed by atoms with Gasteiger partial charge in [-0.2, -0.15) is 4.98 Å². The Labute approximate surface area is 132 Å². The Morgan fingerprint density at radius 3 is 2.73 bits per heavy atom. The van der Waals surface area contributed by atoms with Crippen molar-refractivity contribution in [1.29, 1.82) is 0 Å². The predicted octanol–water partition coefficient (Wildman–Crippen LogP) is 2.81. The number of ether oxygens (including phenoxy) is 2. The normalized spacial score (nSPS) is 14.4. The van der Waals surface area contributed by atoms with Gasteiger partial charge in [-0.3, -0.25) is 0 Å². The number of nitrogen functional groups attached to an aromatic ring is 1. The maximum absolute atomic E-state index is 6.16. The Morgan fingerprint density at radius 1 is 1.32 bits per heavy atom. The SMILES string of the molecule is CCOCCCNc1nc(C2CC2)nc(OCC(C)C)c1N. The van der Waals surface area contributed by atoms with Crippen LogP contribution in [0.15, 0.2) is 0 Å². The fourth-order valence-electron chi connectivity index (χ4n) is 2.01. The van der Waals surface area contributed by atoms with Crippen LogP contribution in [0.1, 0.15) is 51.8 Å². The second-order valence-electron chi connectivity index (χ2n) is 6.11. The van der Waals surface area contributed by atoms with Gasteiger partial charge in [0.2, 0.25) is 5.88 Å². The van der Waals surface area contributed by atoms with Gasteiger partial charge in [0.25, 0.3) is 0 Å². The first kappa shape index (κ1) is 16.8. The molecule has 1 heterocycles. The molecule has 124 valence electrons. The molecule has 0 unspecified atom stereocenters. The number of aromatic nitrogens is 2. The third kappa shape index (κ3) is 5.02. The smallest absolute Gasteiger partial charge is 0.242 e. The maximum atomic E-state index is 6.16. The lowest BCUT2D eigenvalue weighted by Crippen LogP contribution is -2.14. The molecule has 2 rings (SSSR count). The van der Waals surface area contributed by atoms with Gasteiger partial charge in [0.1, 0.15) is 11.5 Å². The Morgan fingerprint density at radius 2 is 2.09 bits per heavy atom. The summed E-state index contributed by atoms with van der Waals surface area (Å²) < 4.78 is 11.1. The van der Waals surface area contributed by atoms with Crippen LogP contribution in [0.3, 0.4) is 0 Å². The van der Waals surface area contributed by atoms with Gasteiger partial charge in [-0.25, -0.2) is 4.98 Å². The van der Waals surface area contributed by atoms with Crippen molar-refractivity contribution in [2.24, 2.45) is 5.92 Å². The minimum Gasteiger partial charge on any atom is -0.476 e. The van der Waals surface area contributed by atoms with E-state index in [9.17, 15) is 0 Å². The monoisotopic (exact) mass is 308 g/mol. The fraction of sp³-hybridized carbons (Fsp3) is 0.750. The van der Waals surface area contributed by atoms with E-state index in [1.54, 1.807) is 0 Å². The molecule has 0 atom stereocenters. The van der Waals surface area contributed by atoms with Crippen LogP contribution in [0.2, 0.25) is 0 Å². The van der Waals surface area contributed by atoms with Crippen molar-refractivity contribution in [1.82, 2.24) is 9.97 Å². The number of nitrogens with two attached hydrogens (primary N) is 1. The van der Waals surface area contributed by atoms with Crippen molar-refractivity contribution < 1.29 is 9.47 Å². The first-order valence-corrected chi connectivity index (χ1v) is 8.23. The number of anilines is 2. The molecule has 1 aliphatic carbocycles. The highest BCUT2D eigenvalue weighted by Crippen LogP contribution is 2.40. The van der Waals surface area contributed by atoms with E-state index >= 15 is 0 Å². The highest BCUT2D eigenvalue weighted by atomic mass is 16.5. The van der Waals surface area contributed by atoms with Crippen molar-refractivity contribution >= 4 is 11.5 Å². The van der Waals surface area contributed by atoms with E-state index in [0.29, 0.717) is 35.8 Å². The molecular weight excluding hydrogens is 280 g/mol. The molecule has 1 aliphatic rings.